The number of hydrogen-bond acceptors (Lipinski definition) is 6. The Hall–Kier alpha value is -2.25. The van der Waals surface area contributed by atoms with Gasteiger partial charge in [0, 0.05) is 37.7 Å². The number of alkyl halides is 3. The highest BCUT2D eigenvalue weighted by atomic mass is 32.2. The van der Waals surface area contributed by atoms with Crippen molar-refractivity contribution in [2.75, 3.05) is 31.3 Å². The lowest BCUT2D eigenvalue weighted by Gasteiger charge is -2.43. The van der Waals surface area contributed by atoms with Gasteiger partial charge in [-0.1, -0.05) is 0 Å². The number of nitrogens with one attached hydrogen (secondary N) is 1. The van der Waals surface area contributed by atoms with Crippen LogP contribution in [0.15, 0.2) is 24.5 Å². The van der Waals surface area contributed by atoms with Gasteiger partial charge in [-0.05, 0) is 25.0 Å². The molecule has 1 aromatic rings. The van der Waals surface area contributed by atoms with Crippen molar-refractivity contribution in [3.63, 3.8) is 0 Å². The van der Waals surface area contributed by atoms with Gasteiger partial charge in [-0.3, -0.25) is 9.78 Å². The van der Waals surface area contributed by atoms with Crippen LogP contribution in [0.1, 0.15) is 12.8 Å². The van der Waals surface area contributed by atoms with Gasteiger partial charge in [-0.2, -0.15) is 13.2 Å². The fourth-order valence-electron chi connectivity index (χ4n) is 3.38. The Bertz CT molecular complexity index is 850. The number of fused-ring (bicyclic) bond motifs is 1. The molecule has 0 aliphatic carbocycles. The molecule has 30 heavy (non-hydrogen) atoms. The lowest BCUT2D eigenvalue weighted by atomic mass is 9.79. The van der Waals surface area contributed by atoms with Crippen molar-refractivity contribution in [2.45, 2.75) is 25.1 Å². The minimum atomic E-state index is -5.08. The van der Waals surface area contributed by atoms with Gasteiger partial charge in [0.25, 0.3) is 0 Å². The van der Waals surface area contributed by atoms with Gasteiger partial charge in [-0.25, -0.2) is 17.5 Å². The second-order valence-corrected chi connectivity index (χ2v) is 8.89. The van der Waals surface area contributed by atoms with Gasteiger partial charge in [-0.15, -0.1) is 0 Å². The molecule has 2 aliphatic heterocycles. The first-order valence-corrected chi connectivity index (χ1v) is 10.8. The Labute approximate surface area is 171 Å². The van der Waals surface area contributed by atoms with Gasteiger partial charge in [0.2, 0.25) is 15.9 Å². The lowest BCUT2D eigenvalue weighted by Crippen LogP contribution is -2.53. The van der Waals surface area contributed by atoms with Gasteiger partial charge < -0.3 is 15.2 Å². The number of ether oxygens (including phenoxy) is 1. The number of aliphatic carboxylic acids is 1. The van der Waals surface area contributed by atoms with Crippen LogP contribution < -0.4 is 5.32 Å². The van der Waals surface area contributed by atoms with Crippen molar-refractivity contribution in [3.8, 4) is 0 Å². The predicted octanol–water partition coefficient (Wildman–Crippen LogP) is 1.34. The van der Waals surface area contributed by atoms with Crippen molar-refractivity contribution >= 4 is 27.6 Å². The number of sulfonamides is 1. The normalized spacial score (nSPS) is 24.7. The van der Waals surface area contributed by atoms with Crippen LogP contribution >= 0.6 is 0 Å². The molecule has 2 saturated heterocycles. The summed E-state index contributed by atoms with van der Waals surface area (Å²) in [7, 11) is -3.25. The molecule has 3 atom stereocenters. The second kappa shape index (κ2) is 9.71. The molecule has 1 aromatic heterocycles. The number of halogens is 3. The van der Waals surface area contributed by atoms with E-state index in [4.69, 9.17) is 14.6 Å². The number of pyridine rings is 1. The Balaban J connectivity index is 0.000000396. The minimum absolute atomic E-state index is 0.0496. The summed E-state index contributed by atoms with van der Waals surface area (Å²) in [6, 6.07) is 3.54. The van der Waals surface area contributed by atoms with Crippen LogP contribution in [-0.4, -0.2) is 72.9 Å². The summed E-state index contributed by atoms with van der Waals surface area (Å²) in [5, 5.41) is 10.00. The molecule has 1 amide bonds. The summed E-state index contributed by atoms with van der Waals surface area (Å²) in [6.45, 7) is 1.33. The second-order valence-electron chi connectivity index (χ2n) is 6.91. The molecule has 13 heteroatoms. The number of carboxylic acid groups (broad SMARTS) is 1. The standard InChI is InChI=1S/C15H21N3O4S.C2HF3O2/c1-23(20,21)18-7-4-14-13(10-18)12(5-8-22-14)15(19)17-11-3-2-6-16-9-11;3-2(4,5)1(6)7/h2-3,6,9,12-14H,4-5,7-8,10H2,1H3,(H,17,19);(H,6,7)/t12-,13+,14-;/m0./s1. The quantitative estimate of drug-likeness (QED) is 0.707. The molecule has 0 aromatic carbocycles. The average molecular weight is 453 g/mol. The highest BCUT2D eigenvalue weighted by molar-refractivity contribution is 7.88. The zero-order valence-electron chi connectivity index (χ0n) is 16.0. The van der Waals surface area contributed by atoms with E-state index in [-0.39, 0.29) is 23.8 Å². The maximum Gasteiger partial charge on any atom is 0.490 e. The highest BCUT2D eigenvalue weighted by Gasteiger charge is 2.43. The van der Waals surface area contributed by atoms with Gasteiger partial charge in [0.1, 0.15) is 0 Å². The van der Waals surface area contributed by atoms with Crippen LogP contribution in [0.4, 0.5) is 18.9 Å². The van der Waals surface area contributed by atoms with E-state index < -0.39 is 22.2 Å². The maximum absolute atomic E-state index is 12.6. The first-order valence-electron chi connectivity index (χ1n) is 8.97. The van der Waals surface area contributed by atoms with Gasteiger partial charge >= 0.3 is 12.1 Å². The summed E-state index contributed by atoms with van der Waals surface area (Å²) in [4.78, 5) is 25.5. The molecule has 3 rings (SSSR count). The molecule has 2 fully saturated rings. The van der Waals surface area contributed by atoms with E-state index in [9.17, 15) is 26.4 Å². The molecule has 2 aliphatic rings. The molecule has 168 valence electrons. The number of hydrogen-bond donors (Lipinski definition) is 2. The van der Waals surface area contributed by atoms with Crippen molar-refractivity contribution in [2.24, 2.45) is 11.8 Å². The molecule has 0 bridgehead atoms. The monoisotopic (exact) mass is 453 g/mol. The minimum Gasteiger partial charge on any atom is -0.475 e. The van der Waals surface area contributed by atoms with Crippen LogP contribution in [0.25, 0.3) is 0 Å². The Kier molecular flexibility index (Phi) is 7.77. The average Bonchev–Trinajstić information content (AvgIpc) is 2.67. The first kappa shape index (κ1) is 24.0. The molecule has 0 radical (unpaired) electrons. The maximum atomic E-state index is 12.6. The zero-order chi connectivity index (χ0) is 22.5. The first-order chi connectivity index (χ1) is 13.9. The predicted molar refractivity (Wildman–Crippen MR) is 98.9 cm³/mol. The van der Waals surface area contributed by atoms with Crippen molar-refractivity contribution in [3.05, 3.63) is 24.5 Å². The highest BCUT2D eigenvalue weighted by Crippen LogP contribution is 2.34. The Morgan fingerprint density at radius 1 is 1.33 bits per heavy atom. The molecule has 0 saturated carbocycles. The number of aromatic nitrogens is 1. The molecule has 0 unspecified atom stereocenters. The van der Waals surface area contributed by atoms with Crippen LogP contribution in [0, 0.1) is 11.8 Å². The van der Waals surface area contributed by atoms with E-state index in [0.29, 0.717) is 38.2 Å². The number of carbonyl (C=O) groups is 2. The summed E-state index contributed by atoms with van der Waals surface area (Å²) in [6.07, 6.45) is 0.552. The summed E-state index contributed by atoms with van der Waals surface area (Å²) in [5.41, 5.74) is 0.649. The summed E-state index contributed by atoms with van der Waals surface area (Å²) in [5.74, 6) is -3.21. The zero-order valence-corrected chi connectivity index (χ0v) is 16.8. The number of amides is 1. The van der Waals surface area contributed by atoms with E-state index in [0.717, 1.165) is 0 Å². The molecular weight excluding hydrogens is 431 g/mol. The van der Waals surface area contributed by atoms with E-state index in [1.165, 1.54) is 10.6 Å². The van der Waals surface area contributed by atoms with Crippen molar-refractivity contribution < 1.29 is 41.0 Å². The third kappa shape index (κ3) is 6.64. The van der Waals surface area contributed by atoms with Crippen LogP contribution in [0.3, 0.4) is 0 Å². The summed E-state index contributed by atoms with van der Waals surface area (Å²) < 4.78 is 62.6. The number of carbonyl (C=O) groups excluding carboxylic acids is 1. The molecule has 3 heterocycles. The van der Waals surface area contributed by atoms with E-state index in [1.54, 1.807) is 24.5 Å². The SMILES string of the molecule is CS(=O)(=O)N1CC[C@@H]2OCC[C@H](C(=O)Nc3cccnc3)[C@H]2C1.O=C(O)C(F)(F)F. The Morgan fingerprint density at radius 3 is 2.53 bits per heavy atom. The third-order valence-electron chi connectivity index (χ3n) is 4.81. The van der Waals surface area contributed by atoms with E-state index in [1.807, 2.05) is 0 Å². The van der Waals surface area contributed by atoms with Crippen LogP contribution in [0.5, 0.6) is 0 Å². The number of nitrogens with zero attached hydrogens (tertiary/aromatic N) is 2. The Morgan fingerprint density at radius 2 is 2.00 bits per heavy atom. The summed E-state index contributed by atoms with van der Waals surface area (Å²) >= 11 is 0. The van der Waals surface area contributed by atoms with Gasteiger partial charge in [0.15, 0.2) is 0 Å². The van der Waals surface area contributed by atoms with Crippen molar-refractivity contribution in [1.29, 1.82) is 0 Å². The largest absolute Gasteiger partial charge is 0.490 e. The number of carboxylic acids is 1. The van der Waals surface area contributed by atoms with Gasteiger partial charge in [0.05, 0.1) is 24.2 Å². The smallest absolute Gasteiger partial charge is 0.475 e. The van der Waals surface area contributed by atoms with Crippen LogP contribution in [-0.2, 0) is 24.3 Å². The number of anilines is 1. The number of rotatable bonds is 3. The topological polar surface area (TPSA) is 126 Å². The fourth-order valence-corrected chi connectivity index (χ4v) is 4.26. The van der Waals surface area contributed by atoms with E-state index >= 15 is 0 Å². The lowest BCUT2D eigenvalue weighted by molar-refractivity contribution is -0.192. The van der Waals surface area contributed by atoms with Crippen LogP contribution in [0.2, 0.25) is 0 Å². The van der Waals surface area contributed by atoms with E-state index in [2.05, 4.69) is 10.3 Å². The number of piperidine rings is 1. The molecular formula is C17H22F3N3O6S. The third-order valence-corrected chi connectivity index (χ3v) is 6.08. The fraction of sp³-hybridized carbons (Fsp3) is 0.588. The molecule has 2 N–H and O–H groups in total. The van der Waals surface area contributed by atoms with Crippen molar-refractivity contribution in [1.82, 2.24) is 9.29 Å². The molecule has 9 nitrogen and oxygen atoms in total. The molecule has 0 spiro atoms.